The normalized spacial score (nSPS) is 21.3. The third-order valence-corrected chi connectivity index (χ3v) is 5.46. The Morgan fingerprint density at radius 2 is 2.22 bits per heavy atom. The second-order valence-electron chi connectivity index (χ2n) is 6.61. The van der Waals surface area contributed by atoms with Crippen LogP contribution in [0.2, 0.25) is 0 Å². The average molecular weight is 313 g/mol. The molecule has 4 heterocycles. The zero-order valence-electron chi connectivity index (χ0n) is 12.9. The molecule has 7 nitrogen and oxygen atoms in total. The molecule has 1 amide bonds. The summed E-state index contributed by atoms with van der Waals surface area (Å²) >= 11 is 0. The van der Waals surface area contributed by atoms with E-state index in [0.29, 0.717) is 18.1 Å². The maximum atomic E-state index is 13.2. The van der Waals surface area contributed by atoms with Crippen LogP contribution in [0.15, 0.2) is 12.5 Å². The zero-order chi connectivity index (χ0) is 15.4. The molecule has 1 spiro atoms. The van der Waals surface area contributed by atoms with Gasteiger partial charge in [-0.15, -0.1) is 0 Å². The molecule has 2 aliphatic heterocycles. The summed E-state index contributed by atoms with van der Waals surface area (Å²) in [4.78, 5) is 23.0. The predicted molar refractivity (Wildman–Crippen MR) is 81.2 cm³/mol. The van der Waals surface area contributed by atoms with E-state index >= 15 is 0 Å². The van der Waals surface area contributed by atoms with Crippen LogP contribution in [0.1, 0.15) is 47.4 Å². The molecule has 0 unspecified atom stereocenters. The minimum atomic E-state index is -0.228. The number of imidazole rings is 1. The predicted octanol–water partition coefficient (Wildman–Crippen LogP) is 1.47. The van der Waals surface area contributed by atoms with Crippen LogP contribution in [0.3, 0.4) is 0 Å². The van der Waals surface area contributed by atoms with Crippen LogP contribution in [0.4, 0.5) is 0 Å². The number of hydrogen-bond acceptors (Lipinski definition) is 4. The molecular weight excluding hydrogens is 294 g/mol. The van der Waals surface area contributed by atoms with E-state index in [0.717, 1.165) is 50.9 Å². The Morgan fingerprint density at radius 3 is 3.04 bits per heavy atom. The molecule has 1 N–H and O–H groups in total. The van der Waals surface area contributed by atoms with E-state index in [1.54, 1.807) is 17.2 Å². The van der Waals surface area contributed by atoms with Crippen LogP contribution in [0.25, 0.3) is 0 Å². The zero-order valence-corrected chi connectivity index (χ0v) is 12.9. The van der Waals surface area contributed by atoms with Gasteiger partial charge in [-0.3, -0.25) is 4.79 Å². The van der Waals surface area contributed by atoms with Gasteiger partial charge >= 0.3 is 0 Å². The van der Waals surface area contributed by atoms with E-state index in [1.807, 2.05) is 4.90 Å². The number of amides is 1. The van der Waals surface area contributed by atoms with Crippen molar-refractivity contribution in [3.05, 3.63) is 29.5 Å². The molecule has 1 saturated carbocycles. The summed E-state index contributed by atoms with van der Waals surface area (Å²) in [5.41, 5.74) is 2.61. The van der Waals surface area contributed by atoms with E-state index in [2.05, 4.69) is 15.1 Å². The highest BCUT2D eigenvalue weighted by atomic mass is 16.5. The molecule has 3 aliphatic rings. The molecule has 0 radical (unpaired) electrons. The molecule has 2 aromatic heterocycles. The number of H-pyrrole nitrogens is 1. The van der Waals surface area contributed by atoms with Crippen LogP contribution >= 0.6 is 0 Å². The van der Waals surface area contributed by atoms with Crippen molar-refractivity contribution in [2.75, 3.05) is 13.2 Å². The highest BCUT2D eigenvalue weighted by Gasteiger charge is 2.51. The van der Waals surface area contributed by atoms with Crippen LogP contribution in [-0.4, -0.2) is 43.7 Å². The summed E-state index contributed by atoms with van der Waals surface area (Å²) in [7, 11) is 0. The van der Waals surface area contributed by atoms with Crippen LogP contribution in [-0.2, 0) is 18.5 Å². The van der Waals surface area contributed by atoms with Gasteiger partial charge < -0.3 is 14.6 Å². The maximum absolute atomic E-state index is 13.2. The summed E-state index contributed by atoms with van der Waals surface area (Å²) < 4.78 is 7.51. The first-order chi connectivity index (χ1) is 11.3. The number of rotatable bonds is 1. The largest absolute Gasteiger partial charge is 0.477 e. The topological polar surface area (TPSA) is 76.0 Å². The molecule has 1 aliphatic carbocycles. The fourth-order valence-electron chi connectivity index (χ4n) is 4.15. The Bertz CT molecular complexity index is 773. The second-order valence-corrected chi connectivity index (χ2v) is 6.61. The van der Waals surface area contributed by atoms with Crippen molar-refractivity contribution in [3.8, 4) is 5.88 Å². The van der Waals surface area contributed by atoms with Gasteiger partial charge in [0, 0.05) is 31.6 Å². The molecule has 120 valence electrons. The molecular formula is C16H19N5O2. The van der Waals surface area contributed by atoms with Crippen LogP contribution in [0, 0.1) is 0 Å². The first kappa shape index (κ1) is 13.2. The van der Waals surface area contributed by atoms with Crippen molar-refractivity contribution in [2.24, 2.45) is 0 Å². The van der Waals surface area contributed by atoms with Gasteiger partial charge in [-0.25, -0.2) is 9.67 Å². The summed E-state index contributed by atoms with van der Waals surface area (Å²) in [5, 5.41) is 4.32. The van der Waals surface area contributed by atoms with Crippen molar-refractivity contribution < 1.29 is 9.53 Å². The highest BCUT2D eigenvalue weighted by molar-refractivity contribution is 5.97. The van der Waals surface area contributed by atoms with Crippen molar-refractivity contribution >= 4 is 5.91 Å². The Kier molecular flexibility index (Phi) is 2.63. The molecule has 1 fully saturated rings. The van der Waals surface area contributed by atoms with E-state index in [9.17, 15) is 4.79 Å². The van der Waals surface area contributed by atoms with Crippen molar-refractivity contribution in [2.45, 2.75) is 44.2 Å². The van der Waals surface area contributed by atoms with E-state index in [4.69, 9.17) is 4.74 Å². The highest BCUT2D eigenvalue weighted by Crippen LogP contribution is 2.49. The quantitative estimate of drug-likeness (QED) is 0.865. The van der Waals surface area contributed by atoms with E-state index in [1.165, 1.54) is 5.69 Å². The van der Waals surface area contributed by atoms with Gasteiger partial charge in [0.2, 0.25) is 5.88 Å². The summed E-state index contributed by atoms with van der Waals surface area (Å²) in [5.74, 6) is 0.657. The van der Waals surface area contributed by atoms with E-state index in [-0.39, 0.29) is 11.4 Å². The molecule has 2 aromatic rings. The maximum Gasteiger partial charge on any atom is 0.261 e. The molecule has 0 bridgehead atoms. The Balaban J connectivity index is 1.54. The van der Waals surface area contributed by atoms with Gasteiger partial charge in [0.25, 0.3) is 5.91 Å². The number of nitrogens with one attached hydrogen (secondary N) is 1. The van der Waals surface area contributed by atoms with Crippen LogP contribution in [0.5, 0.6) is 5.88 Å². The summed E-state index contributed by atoms with van der Waals surface area (Å²) in [6.07, 6.45) is 8.29. The number of carbonyl (C=O) groups excluding carboxylic acids is 1. The fraction of sp³-hybridized carbons (Fsp3) is 0.562. The van der Waals surface area contributed by atoms with Crippen molar-refractivity contribution in [1.29, 1.82) is 0 Å². The first-order valence-corrected chi connectivity index (χ1v) is 8.33. The first-order valence-electron chi connectivity index (χ1n) is 8.33. The number of hydrogen-bond donors (Lipinski definition) is 1. The molecule has 5 rings (SSSR count). The fourth-order valence-corrected chi connectivity index (χ4v) is 4.15. The third-order valence-electron chi connectivity index (χ3n) is 5.46. The van der Waals surface area contributed by atoms with Crippen molar-refractivity contribution in [3.63, 3.8) is 0 Å². The Hall–Kier alpha value is -2.31. The minimum Gasteiger partial charge on any atom is -0.477 e. The number of fused-ring (bicyclic) bond motifs is 3. The number of aryl methyl sites for hydroxylation is 1. The lowest BCUT2D eigenvalue weighted by molar-refractivity contribution is 0.00419. The van der Waals surface area contributed by atoms with Gasteiger partial charge in [-0.05, 0) is 19.3 Å². The van der Waals surface area contributed by atoms with Gasteiger partial charge in [0.15, 0.2) is 0 Å². The minimum absolute atomic E-state index is 0.0292. The lowest BCUT2D eigenvalue weighted by atomic mass is 9.70. The van der Waals surface area contributed by atoms with Gasteiger partial charge in [0.1, 0.15) is 5.56 Å². The SMILES string of the molecule is O=C(c1cnn2c1OCCC2)N1CCc2[nH]cnc2C12CCC2. The molecule has 0 aromatic carbocycles. The van der Waals surface area contributed by atoms with Crippen LogP contribution < -0.4 is 4.74 Å². The molecule has 23 heavy (non-hydrogen) atoms. The Morgan fingerprint density at radius 1 is 1.30 bits per heavy atom. The molecule has 0 atom stereocenters. The van der Waals surface area contributed by atoms with Crippen molar-refractivity contribution in [1.82, 2.24) is 24.6 Å². The van der Waals surface area contributed by atoms with Gasteiger partial charge in [-0.1, -0.05) is 0 Å². The number of carbonyl (C=O) groups is 1. The Labute approximate surface area is 133 Å². The number of nitrogens with zero attached hydrogens (tertiary/aromatic N) is 4. The standard InChI is InChI=1S/C16H19N5O2/c22-14(11-9-19-21-6-2-8-23-15(11)21)20-7-3-12-13(18-10-17-12)16(20)4-1-5-16/h9-10H,1-8H2,(H,17,18). The monoisotopic (exact) mass is 313 g/mol. The smallest absolute Gasteiger partial charge is 0.261 e. The lowest BCUT2D eigenvalue weighted by Gasteiger charge is -2.52. The second kappa shape index (κ2) is 4.59. The van der Waals surface area contributed by atoms with Gasteiger partial charge in [0.05, 0.1) is 30.4 Å². The molecule has 7 heteroatoms. The number of aromatic amines is 1. The summed E-state index contributed by atoms with van der Waals surface area (Å²) in [6, 6.07) is 0. The van der Waals surface area contributed by atoms with E-state index < -0.39 is 0 Å². The lowest BCUT2D eigenvalue weighted by Crippen LogP contribution is -2.57. The average Bonchev–Trinajstić information content (AvgIpc) is 3.18. The number of aromatic nitrogens is 4. The third kappa shape index (κ3) is 1.67. The molecule has 0 saturated heterocycles. The number of ether oxygens (including phenoxy) is 1. The summed E-state index contributed by atoms with van der Waals surface area (Å²) in [6.45, 7) is 2.19. The van der Waals surface area contributed by atoms with Gasteiger partial charge in [-0.2, -0.15) is 5.10 Å².